The van der Waals surface area contributed by atoms with E-state index in [1.54, 1.807) is 19.1 Å². The van der Waals surface area contributed by atoms with E-state index in [9.17, 15) is 18.3 Å². The first-order valence-corrected chi connectivity index (χ1v) is 9.36. The van der Waals surface area contributed by atoms with Crippen molar-refractivity contribution in [2.75, 3.05) is 0 Å². The number of carboxylic acids is 1. The lowest BCUT2D eigenvalue weighted by Crippen LogP contribution is -2.45. The standard InChI is InChI=1S/C15H22N4O4S2/c1-9(2)16-15(24)18-17-10(3)12-5-7-13(8-6-12)25(22,23)19-11(4)14(20)21/h5-9,11,19H,1-4H3,(H,20,21)(H2,16,18,24)/p-1/b17-10-/t11-/m0/s1. The predicted octanol–water partition coefficient (Wildman–Crippen LogP) is -0.300. The SMILES string of the molecule is C/C(=N/NC(=S)NC(C)C)c1ccc(S(=O)(=O)N[C@@H](C)C(=O)[O-])cc1. The number of nitrogens with zero attached hydrogens (tertiary/aromatic N) is 1. The molecule has 0 unspecified atom stereocenters. The molecule has 138 valence electrons. The van der Waals surface area contributed by atoms with Gasteiger partial charge in [0.25, 0.3) is 0 Å². The van der Waals surface area contributed by atoms with Crippen LogP contribution in [0.4, 0.5) is 0 Å². The molecule has 10 heteroatoms. The molecule has 0 amide bonds. The molecule has 1 aromatic carbocycles. The molecule has 0 aromatic heterocycles. The molecule has 0 spiro atoms. The second-order valence-corrected chi connectivity index (χ2v) is 7.75. The van der Waals surface area contributed by atoms with E-state index in [0.29, 0.717) is 16.4 Å². The van der Waals surface area contributed by atoms with E-state index in [2.05, 4.69) is 15.8 Å². The molecular formula is C15H21N4O4S2-. The second-order valence-electron chi connectivity index (χ2n) is 5.62. The smallest absolute Gasteiger partial charge is 0.241 e. The van der Waals surface area contributed by atoms with Gasteiger partial charge in [-0.1, -0.05) is 12.1 Å². The summed E-state index contributed by atoms with van der Waals surface area (Å²) in [5.74, 6) is -1.50. The zero-order valence-corrected chi connectivity index (χ0v) is 16.0. The number of carboxylic acid groups (broad SMARTS) is 1. The van der Waals surface area contributed by atoms with E-state index >= 15 is 0 Å². The zero-order valence-electron chi connectivity index (χ0n) is 14.4. The average Bonchev–Trinajstić information content (AvgIpc) is 2.51. The lowest BCUT2D eigenvalue weighted by Gasteiger charge is -2.15. The summed E-state index contributed by atoms with van der Waals surface area (Å²) < 4.78 is 26.2. The lowest BCUT2D eigenvalue weighted by molar-refractivity contribution is -0.307. The van der Waals surface area contributed by atoms with Crippen LogP contribution in [0.25, 0.3) is 0 Å². The van der Waals surface area contributed by atoms with Crippen molar-refractivity contribution in [1.29, 1.82) is 0 Å². The Morgan fingerprint density at radius 1 is 1.20 bits per heavy atom. The Morgan fingerprint density at radius 2 is 1.76 bits per heavy atom. The van der Waals surface area contributed by atoms with E-state index in [4.69, 9.17) is 12.2 Å². The van der Waals surface area contributed by atoms with Crippen LogP contribution in [0.5, 0.6) is 0 Å². The summed E-state index contributed by atoms with van der Waals surface area (Å²) in [6.07, 6.45) is 0. The normalized spacial score (nSPS) is 13.4. The van der Waals surface area contributed by atoms with Crippen molar-refractivity contribution in [3.63, 3.8) is 0 Å². The van der Waals surface area contributed by atoms with Gasteiger partial charge >= 0.3 is 0 Å². The highest BCUT2D eigenvalue weighted by molar-refractivity contribution is 7.89. The first-order valence-electron chi connectivity index (χ1n) is 7.47. The Kier molecular flexibility index (Phi) is 7.46. The van der Waals surface area contributed by atoms with Crippen LogP contribution in [0.3, 0.4) is 0 Å². The third kappa shape index (κ3) is 6.77. The number of sulfonamides is 1. The van der Waals surface area contributed by atoms with Crippen LogP contribution in [-0.4, -0.2) is 37.3 Å². The van der Waals surface area contributed by atoms with Crippen LogP contribution < -0.4 is 20.6 Å². The molecule has 0 aliphatic rings. The van der Waals surface area contributed by atoms with Crippen molar-refractivity contribution < 1.29 is 18.3 Å². The highest BCUT2D eigenvalue weighted by Crippen LogP contribution is 2.12. The van der Waals surface area contributed by atoms with E-state index in [0.717, 1.165) is 0 Å². The number of thiocarbonyl (C=S) groups is 1. The molecule has 0 bridgehead atoms. The van der Waals surface area contributed by atoms with E-state index in [1.807, 2.05) is 18.6 Å². The summed E-state index contributed by atoms with van der Waals surface area (Å²) in [7, 11) is -3.94. The molecule has 0 aliphatic carbocycles. The summed E-state index contributed by atoms with van der Waals surface area (Å²) in [6, 6.07) is 4.71. The summed E-state index contributed by atoms with van der Waals surface area (Å²) in [5, 5.41) is 18.2. The van der Waals surface area contributed by atoms with Crippen LogP contribution in [-0.2, 0) is 14.8 Å². The Labute approximate surface area is 152 Å². The Morgan fingerprint density at radius 3 is 2.24 bits per heavy atom. The average molecular weight is 385 g/mol. The number of hydrazone groups is 1. The third-order valence-corrected chi connectivity index (χ3v) is 4.78. The summed E-state index contributed by atoms with van der Waals surface area (Å²) in [6.45, 7) is 6.82. The molecular weight excluding hydrogens is 364 g/mol. The van der Waals surface area contributed by atoms with Crippen LogP contribution in [0, 0.1) is 0 Å². The van der Waals surface area contributed by atoms with Gasteiger partial charge in [-0.05, 0) is 57.6 Å². The van der Waals surface area contributed by atoms with Gasteiger partial charge in [0, 0.05) is 6.04 Å². The van der Waals surface area contributed by atoms with Crippen molar-refractivity contribution in [2.45, 2.75) is 44.7 Å². The van der Waals surface area contributed by atoms with Crippen molar-refractivity contribution >= 4 is 39.0 Å². The fourth-order valence-corrected chi connectivity index (χ4v) is 3.19. The number of hydrogen-bond acceptors (Lipinski definition) is 6. The maximum Gasteiger partial charge on any atom is 0.241 e. The molecule has 1 rings (SSSR count). The highest BCUT2D eigenvalue weighted by atomic mass is 32.2. The monoisotopic (exact) mass is 385 g/mol. The minimum Gasteiger partial charge on any atom is -0.548 e. The quantitative estimate of drug-likeness (QED) is 0.334. The van der Waals surface area contributed by atoms with Crippen LogP contribution in [0.15, 0.2) is 34.3 Å². The van der Waals surface area contributed by atoms with Gasteiger partial charge < -0.3 is 15.2 Å². The first kappa shape index (κ1) is 21.0. The first-order chi connectivity index (χ1) is 11.5. The Bertz CT molecular complexity index is 758. The maximum atomic E-state index is 12.1. The summed E-state index contributed by atoms with van der Waals surface area (Å²) in [5.41, 5.74) is 3.99. The van der Waals surface area contributed by atoms with Gasteiger partial charge in [0.2, 0.25) is 10.0 Å². The van der Waals surface area contributed by atoms with Gasteiger partial charge in [0.15, 0.2) is 5.11 Å². The number of nitrogens with one attached hydrogen (secondary N) is 3. The van der Waals surface area contributed by atoms with Gasteiger partial charge in [0.1, 0.15) is 0 Å². The molecule has 8 nitrogen and oxygen atoms in total. The van der Waals surface area contributed by atoms with Crippen molar-refractivity contribution in [1.82, 2.24) is 15.5 Å². The summed E-state index contributed by atoms with van der Waals surface area (Å²) >= 11 is 5.06. The number of carbonyl (C=O) groups excluding carboxylic acids is 1. The van der Waals surface area contributed by atoms with Gasteiger partial charge in [-0.2, -0.15) is 5.10 Å². The van der Waals surface area contributed by atoms with Crippen LogP contribution in [0.1, 0.15) is 33.3 Å². The fraction of sp³-hybridized carbons (Fsp3) is 0.400. The topological polar surface area (TPSA) is 123 Å². The number of carbonyl (C=O) groups is 1. The largest absolute Gasteiger partial charge is 0.548 e. The Hall–Kier alpha value is -2.04. The molecule has 0 saturated carbocycles. The molecule has 0 radical (unpaired) electrons. The molecule has 0 saturated heterocycles. The predicted molar refractivity (Wildman–Crippen MR) is 97.4 cm³/mol. The van der Waals surface area contributed by atoms with Gasteiger partial charge in [-0.3, -0.25) is 5.43 Å². The fourth-order valence-electron chi connectivity index (χ4n) is 1.72. The minimum atomic E-state index is -3.94. The molecule has 1 atom stereocenters. The number of benzene rings is 1. The lowest BCUT2D eigenvalue weighted by atomic mass is 10.1. The number of aliphatic carboxylic acids is 1. The molecule has 1 aromatic rings. The van der Waals surface area contributed by atoms with E-state index < -0.39 is 22.0 Å². The molecule has 0 heterocycles. The van der Waals surface area contributed by atoms with Gasteiger partial charge in [-0.15, -0.1) is 0 Å². The second kappa shape index (κ2) is 8.88. The minimum absolute atomic E-state index is 0.0536. The van der Waals surface area contributed by atoms with Gasteiger partial charge in [-0.25, -0.2) is 13.1 Å². The molecule has 3 N–H and O–H groups in total. The van der Waals surface area contributed by atoms with Crippen molar-refractivity contribution in [2.24, 2.45) is 5.10 Å². The molecule has 25 heavy (non-hydrogen) atoms. The number of hydrogen-bond donors (Lipinski definition) is 3. The zero-order chi connectivity index (χ0) is 19.2. The third-order valence-electron chi connectivity index (χ3n) is 3.01. The van der Waals surface area contributed by atoms with Crippen molar-refractivity contribution in [3.05, 3.63) is 29.8 Å². The summed E-state index contributed by atoms with van der Waals surface area (Å²) in [4.78, 5) is 10.6. The van der Waals surface area contributed by atoms with E-state index in [-0.39, 0.29) is 10.9 Å². The maximum absolute atomic E-state index is 12.1. The van der Waals surface area contributed by atoms with Crippen LogP contribution >= 0.6 is 12.2 Å². The Balaban J connectivity index is 2.84. The van der Waals surface area contributed by atoms with Gasteiger partial charge in [0.05, 0.1) is 22.6 Å². The van der Waals surface area contributed by atoms with Crippen LogP contribution in [0.2, 0.25) is 0 Å². The highest BCUT2D eigenvalue weighted by Gasteiger charge is 2.17. The molecule has 0 fully saturated rings. The van der Waals surface area contributed by atoms with Crippen molar-refractivity contribution in [3.8, 4) is 0 Å². The molecule has 0 aliphatic heterocycles. The number of rotatable bonds is 7. The van der Waals surface area contributed by atoms with E-state index in [1.165, 1.54) is 19.1 Å².